The first kappa shape index (κ1) is 41.6. The molecule has 1 aromatic rings. The number of hydrogen-bond donors (Lipinski definition) is 2. The summed E-state index contributed by atoms with van der Waals surface area (Å²) in [5, 5.41) is 5.10. The van der Waals surface area contributed by atoms with Crippen LogP contribution in [0, 0.1) is 0 Å². The normalized spacial score (nSPS) is 13.1. The number of ether oxygens (including phenoxy) is 3. The number of nitrogens with one attached hydrogen (secondary N) is 2. The molecule has 0 aliphatic heterocycles. The first-order valence-corrected chi connectivity index (χ1v) is 14.2. The largest absolute Gasteiger partial charge is 0.444 e. The highest BCUT2D eigenvalue weighted by Crippen LogP contribution is 2.36. The molecule has 1 unspecified atom stereocenters. The maximum Gasteiger partial charge on any atom is 0.416 e. The Morgan fingerprint density at radius 2 is 1.16 bits per heavy atom. The molecule has 0 saturated carbocycles. The van der Waals surface area contributed by atoms with Gasteiger partial charge in [-0.05, 0) is 99.4 Å². The van der Waals surface area contributed by atoms with Crippen LogP contribution in [-0.2, 0) is 33.1 Å². The molecule has 0 heterocycles. The van der Waals surface area contributed by atoms with E-state index in [4.69, 9.17) is 14.2 Å². The smallest absolute Gasteiger partial charge is 0.416 e. The molecular weight excluding hydrogens is 612 g/mol. The van der Waals surface area contributed by atoms with Crippen LogP contribution in [0.1, 0.15) is 99.3 Å². The molecule has 3 amide bonds. The maximum atomic E-state index is 13.1. The number of alkyl carbamates (subject to hydrolysis) is 2. The first-order chi connectivity index (χ1) is 20.0. The lowest BCUT2D eigenvalue weighted by molar-refractivity contribution is -0.143. The highest BCUT2D eigenvalue weighted by molar-refractivity contribution is 5.69. The number of carbonyl (C=O) groups is 3. The summed E-state index contributed by atoms with van der Waals surface area (Å²) in [4.78, 5) is 36.3. The summed E-state index contributed by atoms with van der Waals surface area (Å²) in [5.74, 6) is 0. The van der Waals surface area contributed by atoms with Crippen LogP contribution in [0.3, 0.4) is 0 Å². The van der Waals surface area contributed by atoms with E-state index in [2.05, 4.69) is 10.6 Å². The van der Waals surface area contributed by atoms with Crippen molar-refractivity contribution in [2.24, 2.45) is 0 Å². The minimum Gasteiger partial charge on any atom is -0.444 e. The van der Waals surface area contributed by atoms with Gasteiger partial charge in [0.1, 0.15) is 16.8 Å². The van der Waals surface area contributed by atoms with E-state index in [0.717, 1.165) is 11.3 Å². The van der Waals surface area contributed by atoms with Gasteiger partial charge in [0, 0.05) is 25.7 Å². The molecule has 1 aromatic carbocycles. The lowest BCUT2D eigenvalue weighted by Crippen LogP contribution is -2.42. The van der Waals surface area contributed by atoms with E-state index in [1.807, 2.05) is 34.6 Å². The second kappa shape index (κ2) is 16.3. The summed E-state index contributed by atoms with van der Waals surface area (Å²) >= 11 is 0. The predicted molar refractivity (Wildman–Crippen MR) is 156 cm³/mol. The van der Waals surface area contributed by atoms with Gasteiger partial charge in [0.2, 0.25) is 0 Å². The van der Waals surface area contributed by atoms with Crippen LogP contribution >= 0.6 is 0 Å². The molecule has 0 bridgehead atoms. The Balaban J connectivity index is 0.00000136. The van der Waals surface area contributed by atoms with Gasteiger partial charge in [-0.25, -0.2) is 14.4 Å². The van der Waals surface area contributed by atoms with E-state index in [0.29, 0.717) is 12.1 Å². The van der Waals surface area contributed by atoms with Gasteiger partial charge in [0.15, 0.2) is 0 Å². The molecule has 2 N–H and O–H groups in total. The third-order valence-corrected chi connectivity index (χ3v) is 5.10. The summed E-state index contributed by atoms with van der Waals surface area (Å²) in [7, 11) is 0. The molecule has 0 aliphatic carbocycles. The lowest BCUT2D eigenvalue weighted by atomic mass is 10.0. The first-order valence-electron chi connectivity index (χ1n) is 14.2. The van der Waals surface area contributed by atoms with Crippen LogP contribution in [0.2, 0.25) is 0 Å². The number of nitrogens with zero attached hydrogens (tertiary/aromatic N) is 1. The van der Waals surface area contributed by atoms with Gasteiger partial charge in [-0.3, -0.25) is 0 Å². The number of halogens is 6. The zero-order valence-electron chi connectivity index (χ0n) is 27.8. The third kappa shape index (κ3) is 19.6. The Hall–Kier alpha value is -3.39. The highest BCUT2D eigenvalue weighted by Gasteiger charge is 2.37. The fraction of sp³-hybridized carbons (Fsp3) is 0.700. The Kier molecular flexibility index (Phi) is 15.0. The van der Waals surface area contributed by atoms with Crippen LogP contribution in [0.15, 0.2) is 18.2 Å². The van der Waals surface area contributed by atoms with Gasteiger partial charge in [-0.15, -0.1) is 0 Å². The number of rotatable bonds is 7. The molecule has 1 rings (SSSR count). The van der Waals surface area contributed by atoms with Crippen LogP contribution in [0.25, 0.3) is 0 Å². The van der Waals surface area contributed by atoms with E-state index in [-0.39, 0.29) is 31.3 Å². The fourth-order valence-corrected chi connectivity index (χ4v) is 3.11. The number of amides is 3. The maximum absolute atomic E-state index is 13.1. The molecule has 0 spiro atoms. The van der Waals surface area contributed by atoms with Crippen molar-refractivity contribution in [3.63, 3.8) is 0 Å². The molecule has 1 atom stereocenters. The van der Waals surface area contributed by atoms with Crippen LogP contribution < -0.4 is 10.6 Å². The SMILES string of the molecule is CC(C)(C)OC(=O)NCCN(Cc1cc(C(F)(F)F)cc(C(F)(F)F)c1)C(=O)OC(C)(C)C.CCC(C)NC(=O)OC(C)(C)C. The monoisotopic (exact) mass is 659 g/mol. The molecule has 15 heteroatoms. The van der Waals surface area contributed by atoms with Crippen molar-refractivity contribution in [2.45, 2.75) is 124 Å². The van der Waals surface area contributed by atoms with Gasteiger partial charge in [-0.2, -0.15) is 26.3 Å². The van der Waals surface area contributed by atoms with Crippen molar-refractivity contribution in [3.05, 3.63) is 34.9 Å². The van der Waals surface area contributed by atoms with Crippen LogP contribution in [0.5, 0.6) is 0 Å². The number of alkyl halides is 6. The van der Waals surface area contributed by atoms with Crippen molar-refractivity contribution in [2.75, 3.05) is 13.1 Å². The molecule has 0 saturated heterocycles. The zero-order chi connectivity index (χ0) is 35.6. The molecule has 9 nitrogen and oxygen atoms in total. The Morgan fingerprint density at radius 3 is 1.53 bits per heavy atom. The van der Waals surface area contributed by atoms with Crippen LogP contribution in [-0.4, -0.2) is 59.1 Å². The van der Waals surface area contributed by atoms with E-state index < -0.39 is 64.6 Å². The zero-order valence-corrected chi connectivity index (χ0v) is 27.8. The summed E-state index contributed by atoms with van der Waals surface area (Å²) in [6, 6.07) is 1.26. The van der Waals surface area contributed by atoms with Crippen molar-refractivity contribution >= 4 is 18.3 Å². The Morgan fingerprint density at radius 1 is 0.733 bits per heavy atom. The van der Waals surface area contributed by atoms with Crippen molar-refractivity contribution < 1.29 is 54.9 Å². The fourth-order valence-electron chi connectivity index (χ4n) is 3.11. The quantitative estimate of drug-likeness (QED) is 0.225. The molecule has 260 valence electrons. The second-order valence-electron chi connectivity index (χ2n) is 13.2. The topological polar surface area (TPSA) is 106 Å². The summed E-state index contributed by atoms with van der Waals surface area (Å²) in [5.41, 5.74) is -5.57. The standard InChI is InChI=1S/C21H28F6N2O4.C9H19NO2/c1-18(2,3)32-16(30)28-7-8-29(17(31)33-19(4,5)6)12-13-9-14(20(22,23)24)11-15(10-13)21(25,26)27;1-6-7(2)10-8(11)12-9(3,4)5/h9-11H,7-8,12H2,1-6H3,(H,28,30);7H,6H2,1-5H3,(H,10,11). The summed E-state index contributed by atoms with van der Waals surface area (Å²) in [6.45, 7) is 18.0. The van der Waals surface area contributed by atoms with Crippen molar-refractivity contribution in [1.29, 1.82) is 0 Å². The van der Waals surface area contributed by atoms with Crippen molar-refractivity contribution in [1.82, 2.24) is 15.5 Å². The van der Waals surface area contributed by atoms with E-state index in [9.17, 15) is 40.7 Å². The molecule has 0 radical (unpaired) electrons. The molecular formula is C30H47F6N3O6. The summed E-state index contributed by atoms with van der Waals surface area (Å²) in [6.07, 6.45) is -11.2. The van der Waals surface area contributed by atoms with E-state index >= 15 is 0 Å². The third-order valence-electron chi connectivity index (χ3n) is 5.10. The van der Waals surface area contributed by atoms with Crippen LogP contribution in [0.4, 0.5) is 40.7 Å². The molecule has 0 aliphatic rings. The van der Waals surface area contributed by atoms with Gasteiger partial charge < -0.3 is 29.7 Å². The Labute approximate surface area is 261 Å². The van der Waals surface area contributed by atoms with E-state index in [1.54, 1.807) is 41.5 Å². The minimum atomic E-state index is -5.02. The van der Waals surface area contributed by atoms with Gasteiger partial charge >= 0.3 is 30.6 Å². The second-order valence-corrected chi connectivity index (χ2v) is 13.2. The predicted octanol–water partition coefficient (Wildman–Crippen LogP) is 8.30. The average molecular weight is 660 g/mol. The highest BCUT2D eigenvalue weighted by atomic mass is 19.4. The number of benzene rings is 1. The lowest BCUT2D eigenvalue weighted by Gasteiger charge is -2.28. The van der Waals surface area contributed by atoms with Gasteiger partial charge in [0.05, 0.1) is 11.1 Å². The van der Waals surface area contributed by atoms with Gasteiger partial charge in [0.25, 0.3) is 0 Å². The van der Waals surface area contributed by atoms with Crippen molar-refractivity contribution in [3.8, 4) is 0 Å². The minimum absolute atomic E-state index is 0.00533. The molecule has 0 aromatic heterocycles. The Bertz CT molecular complexity index is 1090. The molecule has 0 fully saturated rings. The van der Waals surface area contributed by atoms with E-state index in [1.165, 1.54) is 0 Å². The summed E-state index contributed by atoms with van der Waals surface area (Å²) < 4.78 is 94.2. The number of carbonyl (C=O) groups excluding carboxylic acids is 3. The van der Waals surface area contributed by atoms with Gasteiger partial charge in [-0.1, -0.05) is 6.92 Å². The number of hydrogen-bond acceptors (Lipinski definition) is 6. The molecule has 45 heavy (non-hydrogen) atoms. The average Bonchev–Trinajstić information content (AvgIpc) is 2.79.